The van der Waals surface area contributed by atoms with Crippen LogP contribution < -0.4 is 15.4 Å². The molecule has 3 heterocycles. The molecule has 1 saturated heterocycles. The maximum absolute atomic E-state index is 12.8. The first-order valence-corrected chi connectivity index (χ1v) is 14.5. The highest BCUT2D eigenvalue weighted by molar-refractivity contribution is 7.12. The number of benzene rings is 3. The van der Waals surface area contributed by atoms with E-state index in [4.69, 9.17) is 9.15 Å². The van der Waals surface area contributed by atoms with E-state index < -0.39 is 11.9 Å². The van der Waals surface area contributed by atoms with E-state index in [9.17, 15) is 19.5 Å². The van der Waals surface area contributed by atoms with Crippen LogP contribution in [-0.4, -0.2) is 53.0 Å². The van der Waals surface area contributed by atoms with Crippen molar-refractivity contribution in [2.45, 2.75) is 12.3 Å². The van der Waals surface area contributed by atoms with Gasteiger partial charge in [0.15, 0.2) is 5.58 Å². The lowest BCUT2D eigenvalue weighted by molar-refractivity contribution is -0.141. The zero-order valence-electron chi connectivity index (χ0n) is 23.2. The number of likely N-dealkylation sites (tertiary alicyclic amines) is 1. The average Bonchev–Trinajstić information content (AvgIpc) is 3.77. The molecule has 2 atom stereocenters. The van der Waals surface area contributed by atoms with E-state index in [-0.39, 0.29) is 30.7 Å². The predicted octanol–water partition coefficient (Wildman–Crippen LogP) is 5.76. The number of aliphatic carboxylic acids is 1. The van der Waals surface area contributed by atoms with Gasteiger partial charge in [0.1, 0.15) is 11.3 Å². The Morgan fingerprint density at radius 1 is 1.02 bits per heavy atom. The lowest BCUT2D eigenvalue weighted by Crippen LogP contribution is -2.29. The number of methoxy groups -OCH3 is 1. The summed E-state index contributed by atoms with van der Waals surface area (Å²) in [6.07, 6.45) is 0.126. The number of nitrogens with zero attached hydrogens (tertiary/aromatic N) is 2. The lowest BCUT2D eigenvalue weighted by Gasteiger charge is -2.16. The molecule has 11 heteroatoms. The molecule has 0 saturated carbocycles. The highest BCUT2D eigenvalue weighted by Crippen LogP contribution is 2.35. The molecule has 3 N–H and O–H groups in total. The highest BCUT2D eigenvalue weighted by Gasteiger charge is 2.40. The Morgan fingerprint density at radius 2 is 1.86 bits per heavy atom. The fraction of sp³-hybridized carbons (Fsp3) is 0.188. The van der Waals surface area contributed by atoms with Gasteiger partial charge in [0.2, 0.25) is 5.91 Å². The molecule has 2 unspecified atom stereocenters. The Bertz CT molecular complexity index is 1780. The number of thiophene rings is 1. The molecule has 6 rings (SSSR count). The zero-order chi connectivity index (χ0) is 29.9. The first kappa shape index (κ1) is 28.0. The molecule has 3 aromatic carbocycles. The molecule has 0 aliphatic carbocycles. The van der Waals surface area contributed by atoms with Crippen LogP contribution in [0.4, 0.5) is 17.4 Å². The normalized spacial score (nSPS) is 16.3. The fourth-order valence-electron chi connectivity index (χ4n) is 5.27. The first-order valence-electron chi connectivity index (χ1n) is 13.6. The monoisotopic (exact) mass is 596 g/mol. The van der Waals surface area contributed by atoms with Gasteiger partial charge in [-0.15, -0.1) is 11.3 Å². The average molecular weight is 597 g/mol. The van der Waals surface area contributed by atoms with Crippen LogP contribution >= 0.6 is 11.3 Å². The van der Waals surface area contributed by atoms with E-state index >= 15 is 0 Å². The van der Waals surface area contributed by atoms with Crippen LogP contribution in [0.5, 0.6) is 5.75 Å². The topological polar surface area (TPSA) is 134 Å². The van der Waals surface area contributed by atoms with Crippen molar-refractivity contribution >= 4 is 57.6 Å². The van der Waals surface area contributed by atoms with Crippen molar-refractivity contribution in [3.8, 4) is 5.75 Å². The number of anilines is 3. The quantitative estimate of drug-likeness (QED) is 0.196. The van der Waals surface area contributed by atoms with Gasteiger partial charge in [-0.2, -0.15) is 4.98 Å². The number of amides is 2. The lowest BCUT2D eigenvalue weighted by atomic mass is 9.89. The molecule has 1 aliphatic heterocycles. The van der Waals surface area contributed by atoms with Crippen molar-refractivity contribution in [1.29, 1.82) is 0 Å². The van der Waals surface area contributed by atoms with Crippen LogP contribution in [0.1, 0.15) is 26.7 Å². The van der Waals surface area contributed by atoms with E-state index in [1.54, 1.807) is 48.4 Å². The van der Waals surface area contributed by atoms with Crippen molar-refractivity contribution in [2.75, 3.05) is 30.8 Å². The largest absolute Gasteiger partial charge is 0.497 e. The van der Waals surface area contributed by atoms with Crippen molar-refractivity contribution in [3.63, 3.8) is 0 Å². The smallest absolute Gasteiger partial charge is 0.308 e. The van der Waals surface area contributed by atoms with Crippen LogP contribution in [0.3, 0.4) is 0 Å². The molecule has 0 spiro atoms. The van der Waals surface area contributed by atoms with E-state index in [1.807, 2.05) is 47.8 Å². The number of hydrogen-bond donors (Lipinski definition) is 3. The number of carboxylic acids is 1. The number of hydrogen-bond acceptors (Lipinski definition) is 8. The molecule has 0 radical (unpaired) electrons. The molecule has 10 nitrogen and oxygen atoms in total. The van der Waals surface area contributed by atoms with Gasteiger partial charge in [0.05, 0.1) is 24.3 Å². The van der Waals surface area contributed by atoms with Crippen molar-refractivity contribution in [2.24, 2.45) is 5.92 Å². The van der Waals surface area contributed by atoms with Gasteiger partial charge >= 0.3 is 5.97 Å². The molecule has 1 fully saturated rings. The van der Waals surface area contributed by atoms with Gasteiger partial charge in [0.25, 0.3) is 11.9 Å². The minimum Gasteiger partial charge on any atom is -0.497 e. The zero-order valence-corrected chi connectivity index (χ0v) is 24.0. The van der Waals surface area contributed by atoms with E-state index in [0.29, 0.717) is 40.0 Å². The number of aromatic nitrogens is 1. The maximum Gasteiger partial charge on any atom is 0.308 e. The standard InChI is InChI=1S/C32H28N4O6S/c1-41-23-5-2-4-22(16-23)34-32-35-26-12-7-19(14-27(26)42-32)15-29(37)33-21-10-8-20(9-11-21)24-17-36(18-25(24)31(39)40)30(38)28-6-3-13-43-28/h2-14,16,24-25H,15,17-18H2,1H3,(H,33,37)(H,34,35)(H,39,40). The van der Waals surface area contributed by atoms with Gasteiger partial charge in [-0.05, 0) is 59.0 Å². The summed E-state index contributed by atoms with van der Waals surface area (Å²) in [7, 11) is 1.60. The van der Waals surface area contributed by atoms with Gasteiger partial charge in [0, 0.05) is 36.4 Å². The number of carboxylic acid groups (broad SMARTS) is 1. The summed E-state index contributed by atoms with van der Waals surface area (Å²) in [5.74, 6) is -1.64. The summed E-state index contributed by atoms with van der Waals surface area (Å²) < 4.78 is 11.1. The summed E-state index contributed by atoms with van der Waals surface area (Å²) >= 11 is 1.34. The number of ether oxygens (including phenoxy) is 1. The summed E-state index contributed by atoms with van der Waals surface area (Å²) in [6, 6.07) is 23.9. The van der Waals surface area contributed by atoms with Crippen LogP contribution in [-0.2, 0) is 16.0 Å². The molecule has 0 bridgehead atoms. The van der Waals surface area contributed by atoms with E-state index in [2.05, 4.69) is 15.6 Å². The summed E-state index contributed by atoms with van der Waals surface area (Å²) in [5.41, 5.74) is 4.14. The second-order valence-corrected chi connectivity index (χ2v) is 11.2. The van der Waals surface area contributed by atoms with Crippen LogP contribution in [0.25, 0.3) is 11.1 Å². The van der Waals surface area contributed by atoms with E-state index in [0.717, 1.165) is 16.8 Å². The van der Waals surface area contributed by atoms with Gasteiger partial charge in [-0.3, -0.25) is 14.4 Å². The maximum atomic E-state index is 12.8. The molecular weight excluding hydrogens is 568 g/mol. The molecular formula is C32H28N4O6S. The molecule has 43 heavy (non-hydrogen) atoms. The van der Waals surface area contributed by atoms with Crippen molar-refractivity contribution in [3.05, 3.63) is 100 Å². The van der Waals surface area contributed by atoms with Crippen LogP contribution in [0, 0.1) is 5.92 Å². The minimum atomic E-state index is -0.934. The fourth-order valence-corrected chi connectivity index (χ4v) is 5.97. The Labute approximate surface area is 250 Å². The van der Waals surface area contributed by atoms with Gasteiger partial charge < -0.3 is 29.8 Å². The number of rotatable bonds is 9. The number of fused-ring (bicyclic) bond motifs is 1. The summed E-state index contributed by atoms with van der Waals surface area (Å²) in [6.45, 7) is 0.476. The van der Waals surface area contributed by atoms with Crippen molar-refractivity contribution < 1.29 is 28.6 Å². The Kier molecular flexibility index (Phi) is 7.80. The Hall–Kier alpha value is -5.16. The third-order valence-corrected chi connectivity index (χ3v) is 8.28. The SMILES string of the molecule is COc1cccc(Nc2nc3ccc(CC(=O)Nc4ccc(C5CN(C(=O)c6cccs6)CC5C(=O)O)cc4)cc3o2)c1. The summed E-state index contributed by atoms with van der Waals surface area (Å²) in [4.78, 5) is 44.3. The third kappa shape index (κ3) is 6.21. The minimum absolute atomic E-state index is 0.126. The Balaban J connectivity index is 1.08. The molecule has 218 valence electrons. The number of nitrogens with one attached hydrogen (secondary N) is 2. The first-order chi connectivity index (χ1) is 20.9. The molecule has 2 amide bonds. The highest BCUT2D eigenvalue weighted by atomic mass is 32.1. The van der Waals surface area contributed by atoms with Crippen molar-refractivity contribution in [1.82, 2.24) is 9.88 Å². The predicted molar refractivity (Wildman–Crippen MR) is 163 cm³/mol. The number of carbonyl (C=O) groups excluding carboxylic acids is 2. The van der Waals surface area contributed by atoms with E-state index in [1.165, 1.54) is 11.3 Å². The number of carbonyl (C=O) groups is 3. The second-order valence-electron chi connectivity index (χ2n) is 10.3. The summed E-state index contributed by atoms with van der Waals surface area (Å²) in [5, 5.41) is 17.7. The van der Waals surface area contributed by atoms with Gasteiger partial charge in [-0.1, -0.05) is 30.3 Å². The molecule has 2 aromatic heterocycles. The Morgan fingerprint density at radius 3 is 2.60 bits per heavy atom. The van der Waals surface area contributed by atoms with Crippen LogP contribution in [0.15, 0.2) is 88.7 Å². The number of oxazole rings is 1. The van der Waals surface area contributed by atoms with Crippen LogP contribution in [0.2, 0.25) is 0 Å². The van der Waals surface area contributed by atoms with Gasteiger partial charge in [-0.25, -0.2) is 0 Å². The third-order valence-electron chi connectivity index (χ3n) is 7.42. The molecule has 1 aliphatic rings. The molecule has 5 aromatic rings. The second kappa shape index (κ2) is 12.0.